The topological polar surface area (TPSA) is 50.3 Å². The molecule has 0 radical (unpaired) electrons. The van der Waals surface area contributed by atoms with Gasteiger partial charge in [0.2, 0.25) is 9.84 Å². The van der Waals surface area contributed by atoms with Crippen molar-refractivity contribution in [3.8, 4) is 0 Å². The van der Waals surface area contributed by atoms with E-state index in [1.54, 1.807) is 0 Å². The number of hydrogen-bond donors (Lipinski definition) is 0. The third-order valence-corrected chi connectivity index (χ3v) is 6.75. The van der Waals surface area contributed by atoms with Crippen LogP contribution in [0, 0.1) is 0 Å². The molecule has 1 aliphatic heterocycles. The molecule has 1 aromatic carbocycles. The fourth-order valence-electron chi connectivity index (χ4n) is 2.97. The van der Waals surface area contributed by atoms with Gasteiger partial charge in [0.1, 0.15) is 0 Å². The van der Waals surface area contributed by atoms with Crippen molar-refractivity contribution in [2.75, 3.05) is 18.0 Å². The second-order valence-electron chi connectivity index (χ2n) is 6.15. The van der Waals surface area contributed by atoms with Gasteiger partial charge in [0.15, 0.2) is 5.69 Å². The van der Waals surface area contributed by atoms with Gasteiger partial charge in [0.05, 0.1) is 9.90 Å². The standard InChI is InChI=1S/C16H15F5N2O2S2/c17-15(18)27(24,25)12-5-3-11(4-6-12)23-7-1-2-10(8-23)14-22-13(9-26-14)16(19,20)21/h3-6,9-10,15H,1-2,7-8H2. The third-order valence-electron chi connectivity index (χ3n) is 4.35. The van der Waals surface area contributed by atoms with Gasteiger partial charge in [-0.1, -0.05) is 0 Å². The number of anilines is 1. The smallest absolute Gasteiger partial charge is 0.371 e. The highest BCUT2D eigenvalue weighted by molar-refractivity contribution is 7.91. The first kappa shape index (κ1) is 20.0. The molecule has 27 heavy (non-hydrogen) atoms. The van der Waals surface area contributed by atoms with Crippen LogP contribution in [0.5, 0.6) is 0 Å². The molecule has 1 unspecified atom stereocenters. The van der Waals surface area contributed by atoms with E-state index in [-0.39, 0.29) is 5.92 Å². The van der Waals surface area contributed by atoms with Gasteiger partial charge in [-0.15, -0.1) is 11.3 Å². The van der Waals surface area contributed by atoms with E-state index in [2.05, 4.69) is 4.98 Å². The minimum atomic E-state index is -4.66. The van der Waals surface area contributed by atoms with Crippen LogP contribution < -0.4 is 4.90 Å². The van der Waals surface area contributed by atoms with Gasteiger partial charge in [-0.05, 0) is 37.1 Å². The Bertz CT molecular complexity index is 894. The molecule has 1 aromatic heterocycles. The van der Waals surface area contributed by atoms with Gasteiger partial charge in [-0.25, -0.2) is 13.4 Å². The van der Waals surface area contributed by atoms with Crippen LogP contribution in [0.15, 0.2) is 34.5 Å². The lowest BCUT2D eigenvalue weighted by atomic mass is 9.98. The van der Waals surface area contributed by atoms with Crippen LogP contribution in [0.1, 0.15) is 29.5 Å². The second kappa shape index (κ2) is 7.34. The maximum Gasteiger partial charge on any atom is 0.434 e. The molecule has 3 rings (SSSR count). The summed E-state index contributed by atoms with van der Waals surface area (Å²) in [5, 5.41) is 1.40. The minimum absolute atomic E-state index is 0.177. The summed E-state index contributed by atoms with van der Waals surface area (Å²) in [6.45, 7) is 1.06. The average Bonchev–Trinajstić information content (AvgIpc) is 3.12. The Labute approximate surface area is 156 Å². The van der Waals surface area contributed by atoms with Crippen molar-refractivity contribution in [1.82, 2.24) is 4.98 Å². The zero-order valence-corrected chi connectivity index (χ0v) is 15.4. The minimum Gasteiger partial charge on any atom is -0.371 e. The van der Waals surface area contributed by atoms with Gasteiger partial charge in [-0.3, -0.25) is 0 Å². The normalized spacial score (nSPS) is 18.9. The van der Waals surface area contributed by atoms with Gasteiger partial charge >= 0.3 is 11.9 Å². The van der Waals surface area contributed by atoms with Crippen LogP contribution in [0.4, 0.5) is 27.6 Å². The molecule has 0 aliphatic carbocycles. The lowest BCUT2D eigenvalue weighted by molar-refractivity contribution is -0.140. The molecule has 1 saturated heterocycles. The first-order valence-corrected chi connectivity index (χ1v) is 10.4. The summed E-state index contributed by atoms with van der Waals surface area (Å²) in [4.78, 5) is 5.13. The largest absolute Gasteiger partial charge is 0.434 e. The highest BCUT2D eigenvalue weighted by Crippen LogP contribution is 2.36. The van der Waals surface area contributed by atoms with Crippen LogP contribution in [0.2, 0.25) is 0 Å². The molecule has 0 amide bonds. The van der Waals surface area contributed by atoms with Crippen LogP contribution in [0.25, 0.3) is 0 Å². The molecule has 11 heteroatoms. The zero-order valence-electron chi connectivity index (χ0n) is 13.8. The first-order valence-electron chi connectivity index (χ1n) is 7.98. The number of nitrogens with zero attached hydrogens (tertiary/aromatic N) is 2. The predicted molar refractivity (Wildman–Crippen MR) is 90.9 cm³/mol. The summed E-state index contributed by atoms with van der Waals surface area (Å²) >= 11 is 0.969. The van der Waals surface area contributed by atoms with Gasteiger partial charge in [0, 0.05) is 30.1 Å². The Hall–Kier alpha value is -1.75. The second-order valence-corrected chi connectivity index (χ2v) is 8.96. The fraction of sp³-hybridized carbons (Fsp3) is 0.438. The molecular formula is C16H15F5N2O2S2. The predicted octanol–water partition coefficient (Wildman–Crippen LogP) is 4.54. The highest BCUT2D eigenvalue weighted by Gasteiger charge is 2.35. The van der Waals surface area contributed by atoms with Crippen LogP contribution in [0.3, 0.4) is 0 Å². The monoisotopic (exact) mass is 426 g/mol. The van der Waals surface area contributed by atoms with Crippen LogP contribution in [-0.2, 0) is 16.0 Å². The number of aromatic nitrogens is 1. The van der Waals surface area contributed by atoms with Crippen LogP contribution >= 0.6 is 11.3 Å². The van der Waals surface area contributed by atoms with E-state index < -0.39 is 32.4 Å². The molecule has 0 spiro atoms. The van der Waals surface area contributed by atoms with E-state index >= 15 is 0 Å². The van der Waals surface area contributed by atoms with Gasteiger partial charge in [0.25, 0.3) is 0 Å². The van der Waals surface area contributed by atoms with E-state index in [0.29, 0.717) is 30.2 Å². The molecule has 0 N–H and O–H groups in total. The Balaban J connectivity index is 1.76. The molecule has 148 valence electrons. The lowest BCUT2D eigenvalue weighted by Crippen LogP contribution is -2.34. The van der Waals surface area contributed by atoms with E-state index in [1.165, 1.54) is 12.1 Å². The number of thiazole rings is 1. The number of alkyl halides is 5. The number of halogens is 5. The Morgan fingerprint density at radius 3 is 2.41 bits per heavy atom. The lowest BCUT2D eigenvalue weighted by Gasteiger charge is -2.33. The van der Waals surface area contributed by atoms with Crippen molar-refractivity contribution in [2.45, 2.75) is 35.6 Å². The molecular weight excluding hydrogens is 411 g/mol. The number of hydrogen-bond acceptors (Lipinski definition) is 5. The maximum absolute atomic E-state index is 12.7. The van der Waals surface area contributed by atoms with E-state index in [1.807, 2.05) is 4.90 Å². The van der Waals surface area contributed by atoms with Crippen molar-refractivity contribution >= 4 is 26.9 Å². The summed E-state index contributed by atoms with van der Waals surface area (Å²) in [5.41, 5.74) is -0.276. The van der Waals surface area contributed by atoms with E-state index in [0.717, 1.165) is 35.3 Å². The number of benzene rings is 1. The molecule has 0 bridgehead atoms. The van der Waals surface area contributed by atoms with E-state index in [9.17, 15) is 30.4 Å². The number of sulfone groups is 1. The molecule has 2 heterocycles. The first-order chi connectivity index (χ1) is 12.6. The summed E-state index contributed by atoms with van der Waals surface area (Å²) in [7, 11) is -4.66. The van der Waals surface area contributed by atoms with Crippen molar-refractivity contribution in [2.24, 2.45) is 0 Å². The molecule has 2 aromatic rings. The van der Waals surface area contributed by atoms with Crippen LogP contribution in [-0.4, -0.2) is 32.2 Å². The Morgan fingerprint density at radius 1 is 1.19 bits per heavy atom. The van der Waals surface area contributed by atoms with Crippen molar-refractivity contribution in [3.63, 3.8) is 0 Å². The molecule has 1 atom stereocenters. The van der Waals surface area contributed by atoms with Gasteiger partial charge in [-0.2, -0.15) is 22.0 Å². The summed E-state index contributed by atoms with van der Waals surface area (Å²) in [6.07, 6.45) is -3.06. The molecule has 1 aliphatic rings. The maximum atomic E-state index is 12.7. The summed E-state index contributed by atoms with van der Waals surface area (Å²) < 4.78 is 86.3. The Morgan fingerprint density at radius 2 is 1.85 bits per heavy atom. The third kappa shape index (κ3) is 4.23. The van der Waals surface area contributed by atoms with Crippen molar-refractivity contribution < 1.29 is 30.4 Å². The van der Waals surface area contributed by atoms with Crippen molar-refractivity contribution in [1.29, 1.82) is 0 Å². The number of piperidine rings is 1. The molecule has 4 nitrogen and oxygen atoms in total. The zero-order chi connectivity index (χ0) is 19.8. The fourth-order valence-corrected chi connectivity index (χ4v) is 4.64. The van der Waals surface area contributed by atoms with Crippen molar-refractivity contribution in [3.05, 3.63) is 40.3 Å². The molecule has 1 fully saturated rings. The van der Waals surface area contributed by atoms with E-state index in [4.69, 9.17) is 0 Å². The molecule has 0 saturated carbocycles. The average molecular weight is 426 g/mol. The quantitative estimate of drug-likeness (QED) is 0.674. The van der Waals surface area contributed by atoms with Gasteiger partial charge < -0.3 is 4.90 Å². The Kier molecular flexibility index (Phi) is 5.44. The summed E-state index contributed by atoms with van der Waals surface area (Å²) in [5.74, 6) is -3.67. The summed E-state index contributed by atoms with van der Waals surface area (Å²) in [6, 6.07) is 5.10. The highest BCUT2D eigenvalue weighted by atomic mass is 32.2. The SMILES string of the molecule is O=S(=O)(c1ccc(N2CCCC(c3nc(C(F)(F)F)cs3)C2)cc1)C(F)F. The number of rotatable bonds is 4.